The molecule has 1 aliphatic rings. The zero-order valence-corrected chi connectivity index (χ0v) is 12.4. The fraction of sp³-hybridized carbons (Fsp3) is 0.500. The van der Waals surface area contributed by atoms with Crippen LogP contribution in [-0.4, -0.2) is 23.1 Å². The zero-order valence-electron chi connectivity index (χ0n) is 12.4. The number of amides is 2. The van der Waals surface area contributed by atoms with E-state index < -0.39 is 5.97 Å². The van der Waals surface area contributed by atoms with Crippen LogP contribution in [0.5, 0.6) is 0 Å². The first kappa shape index (κ1) is 15.4. The van der Waals surface area contributed by atoms with Crippen LogP contribution in [0, 0.1) is 11.8 Å². The maximum absolute atomic E-state index is 12.1. The van der Waals surface area contributed by atoms with Crippen LogP contribution in [0.15, 0.2) is 24.3 Å². The predicted molar refractivity (Wildman–Crippen MR) is 81.3 cm³/mol. The lowest BCUT2D eigenvalue weighted by Crippen LogP contribution is -2.40. The SMILES string of the molecule is CC1CCC(NC(=O)Nc2ccccc2CC(=O)O)C1C. The van der Waals surface area contributed by atoms with Gasteiger partial charge in [0.2, 0.25) is 0 Å². The van der Waals surface area contributed by atoms with Crippen molar-refractivity contribution in [3.8, 4) is 0 Å². The van der Waals surface area contributed by atoms with Crippen molar-refractivity contribution in [1.82, 2.24) is 5.32 Å². The first-order valence-electron chi connectivity index (χ1n) is 7.34. The van der Waals surface area contributed by atoms with Gasteiger partial charge in [0.1, 0.15) is 0 Å². The van der Waals surface area contributed by atoms with Crippen LogP contribution >= 0.6 is 0 Å². The van der Waals surface area contributed by atoms with Crippen molar-refractivity contribution in [3.05, 3.63) is 29.8 Å². The number of carboxylic acid groups (broad SMARTS) is 1. The molecule has 1 fully saturated rings. The number of carbonyl (C=O) groups excluding carboxylic acids is 1. The second-order valence-electron chi connectivity index (χ2n) is 5.85. The van der Waals surface area contributed by atoms with Crippen molar-refractivity contribution in [1.29, 1.82) is 0 Å². The van der Waals surface area contributed by atoms with Gasteiger partial charge in [-0.2, -0.15) is 0 Å². The molecule has 3 atom stereocenters. The van der Waals surface area contributed by atoms with Gasteiger partial charge in [-0.05, 0) is 36.3 Å². The molecule has 0 aliphatic heterocycles. The standard InChI is InChI=1S/C16H22N2O3/c1-10-7-8-13(11(10)2)17-16(21)18-14-6-4-3-5-12(14)9-15(19)20/h3-6,10-11,13H,7-9H2,1-2H3,(H,19,20)(H2,17,18,21). The van der Waals surface area contributed by atoms with Gasteiger partial charge in [0.05, 0.1) is 6.42 Å². The Labute approximate surface area is 124 Å². The molecule has 3 unspecified atom stereocenters. The second kappa shape index (κ2) is 6.61. The first-order chi connectivity index (χ1) is 9.97. The average Bonchev–Trinajstić information content (AvgIpc) is 2.72. The normalized spacial score (nSPS) is 24.6. The summed E-state index contributed by atoms with van der Waals surface area (Å²) >= 11 is 0. The Balaban J connectivity index is 1.98. The summed E-state index contributed by atoms with van der Waals surface area (Å²) in [5, 5.41) is 14.6. The highest BCUT2D eigenvalue weighted by Gasteiger charge is 2.30. The number of para-hydroxylation sites is 1. The first-order valence-corrected chi connectivity index (χ1v) is 7.34. The van der Waals surface area contributed by atoms with Gasteiger partial charge in [0.15, 0.2) is 0 Å². The van der Waals surface area contributed by atoms with Crippen LogP contribution in [0.25, 0.3) is 0 Å². The van der Waals surface area contributed by atoms with E-state index in [0.29, 0.717) is 23.1 Å². The summed E-state index contributed by atoms with van der Waals surface area (Å²) in [5.41, 5.74) is 1.16. The molecule has 1 aromatic rings. The van der Waals surface area contributed by atoms with Gasteiger partial charge in [-0.25, -0.2) is 4.79 Å². The van der Waals surface area contributed by atoms with Gasteiger partial charge in [-0.3, -0.25) is 4.79 Å². The third-order valence-electron chi connectivity index (χ3n) is 4.39. The van der Waals surface area contributed by atoms with E-state index in [-0.39, 0.29) is 18.5 Å². The molecule has 0 bridgehead atoms. The smallest absolute Gasteiger partial charge is 0.319 e. The molecule has 2 rings (SSSR count). The number of urea groups is 1. The van der Waals surface area contributed by atoms with Gasteiger partial charge < -0.3 is 15.7 Å². The van der Waals surface area contributed by atoms with E-state index in [1.54, 1.807) is 24.3 Å². The number of hydrogen-bond acceptors (Lipinski definition) is 2. The number of aliphatic carboxylic acids is 1. The van der Waals surface area contributed by atoms with E-state index in [4.69, 9.17) is 5.11 Å². The Morgan fingerprint density at radius 3 is 2.57 bits per heavy atom. The second-order valence-corrected chi connectivity index (χ2v) is 5.85. The minimum absolute atomic E-state index is 0.104. The molecular weight excluding hydrogens is 268 g/mol. The fourth-order valence-corrected chi connectivity index (χ4v) is 2.85. The summed E-state index contributed by atoms with van der Waals surface area (Å²) in [6, 6.07) is 6.90. The van der Waals surface area contributed by atoms with Crippen molar-refractivity contribution < 1.29 is 14.7 Å². The predicted octanol–water partition coefficient (Wildman–Crippen LogP) is 2.87. The summed E-state index contributed by atoms with van der Waals surface area (Å²) in [6.07, 6.45) is 2.02. The van der Waals surface area contributed by atoms with Crippen LogP contribution in [0.4, 0.5) is 10.5 Å². The Hall–Kier alpha value is -2.04. The fourth-order valence-electron chi connectivity index (χ4n) is 2.85. The maximum atomic E-state index is 12.1. The Morgan fingerprint density at radius 2 is 1.95 bits per heavy atom. The number of carboxylic acids is 1. The average molecular weight is 290 g/mol. The molecule has 0 aromatic heterocycles. The summed E-state index contributed by atoms with van der Waals surface area (Å²) in [6.45, 7) is 4.35. The molecular formula is C16H22N2O3. The lowest BCUT2D eigenvalue weighted by atomic mass is 9.98. The van der Waals surface area contributed by atoms with Crippen molar-refractivity contribution in [2.75, 3.05) is 5.32 Å². The van der Waals surface area contributed by atoms with Crippen LogP contribution in [0.2, 0.25) is 0 Å². The van der Waals surface area contributed by atoms with Crippen LogP contribution < -0.4 is 10.6 Å². The number of anilines is 1. The molecule has 1 saturated carbocycles. The van der Waals surface area contributed by atoms with Crippen molar-refractivity contribution in [2.45, 2.75) is 39.2 Å². The van der Waals surface area contributed by atoms with Crippen LogP contribution in [-0.2, 0) is 11.2 Å². The van der Waals surface area contributed by atoms with Gasteiger partial charge in [-0.1, -0.05) is 32.0 Å². The van der Waals surface area contributed by atoms with Gasteiger partial charge >= 0.3 is 12.0 Å². The lowest BCUT2D eigenvalue weighted by Gasteiger charge is -2.20. The number of carbonyl (C=O) groups is 2. The van der Waals surface area contributed by atoms with Crippen molar-refractivity contribution >= 4 is 17.7 Å². The lowest BCUT2D eigenvalue weighted by molar-refractivity contribution is -0.136. The molecule has 114 valence electrons. The number of hydrogen-bond donors (Lipinski definition) is 3. The van der Waals surface area contributed by atoms with Gasteiger partial charge in [-0.15, -0.1) is 0 Å². The molecule has 21 heavy (non-hydrogen) atoms. The van der Waals surface area contributed by atoms with E-state index in [0.717, 1.165) is 12.8 Å². The Bertz CT molecular complexity index is 530. The summed E-state index contributed by atoms with van der Waals surface area (Å²) < 4.78 is 0. The van der Waals surface area contributed by atoms with Crippen LogP contribution in [0.1, 0.15) is 32.3 Å². The molecule has 5 nitrogen and oxygen atoms in total. The molecule has 5 heteroatoms. The number of nitrogens with one attached hydrogen (secondary N) is 2. The maximum Gasteiger partial charge on any atom is 0.319 e. The van der Waals surface area contributed by atoms with Crippen molar-refractivity contribution in [2.24, 2.45) is 11.8 Å². The Morgan fingerprint density at radius 1 is 1.24 bits per heavy atom. The topological polar surface area (TPSA) is 78.4 Å². The summed E-state index contributed by atoms with van der Waals surface area (Å²) in [5.74, 6) is 0.169. The highest BCUT2D eigenvalue weighted by molar-refractivity contribution is 5.91. The monoisotopic (exact) mass is 290 g/mol. The number of benzene rings is 1. The molecule has 1 aromatic carbocycles. The van der Waals surface area contributed by atoms with Gasteiger partial charge in [0, 0.05) is 11.7 Å². The quantitative estimate of drug-likeness (QED) is 0.798. The third kappa shape index (κ3) is 3.97. The highest BCUT2D eigenvalue weighted by Crippen LogP contribution is 2.31. The van der Waals surface area contributed by atoms with Crippen molar-refractivity contribution in [3.63, 3.8) is 0 Å². The van der Waals surface area contributed by atoms with E-state index in [1.807, 2.05) is 0 Å². The molecule has 1 aliphatic carbocycles. The minimum atomic E-state index is -0.914. The highest BCUT2D eigenvalue weighted by atomic mass is 16.4. The minimum Gasteiger partial charge on any atom is -0.481 e. The molecule has 3 N–H and O–H groups in total. The molecule has 0 radical (unpaired) electrons. The summed E-state index contributed by atoms with van der Waals surface area (Å²) in [4.78, 5) is 22.9. The van der Waals surface area contributed by atoms with E-state index in [9.17, 15) is 9.59 Å². The largest absolute Gasteiger partial charge is 0.481 e. The molecule has 0 spiro atoms. The van der Waals surface area contributed by atoms with E-state index in [2.05, 4.69) is 24.5 Å². The molecule has 0 heterocycles. The summed E-state index contributed by atoms with van der Waals surface area (Å²) in [7, 11) is 0. The van der Waals surface area contributed by atoms with E-state index >= 15 is 0 Å². The zero-order chi connectivity index (χ0) is 15.4. The number of rotatable bonds is 4. The van der Waals surface area contributed by atoms with Gasteiger partial charge in [0.25, 0.3) is 0 Å². The Kier molecular flexibility index (Phi) is 4.83. The third-order valence-corrected chi connectivity index (χ3v) is 4.39. The molecule has 2 amide bonds. The van der Waals surface area contributed by atoms with E-state index in [1.165, 1.54) is 0 Å². The van der Waals surface area contributed by atoms with Crippen LogP contribution in [0.3, 0.4) is 0 Å². The molecule has 0 saturated heterocycles.